The number of thioether (sulfide) groups is 1. The number of carbonyl (C=O) groups is 1. The van der Waals surface area contributed by atoms with Crippen molar-refractivity contribution in [1.29, 1.82) is 0 Å². The lowest BCUT2D eigenvalue weighted by molar-refractivity contribution is -0.118. The molecular formula is C18H29ClN4OS. The molecule has 1 aliphatic heterocycles. The Morgan fingerprint density at radius 1 is 1.32 bits per heavy atom. The predicted molar refractivity (Wildman–Crippen MR) is 106 cm³/mol. The molecule has 0 radical (unpaired) electrons. The van der Waals surface area contributed by atoms with E-state index < -0.39 is 0 Å². The number of piperidine rings is 1. The monoisotopic (exact) mass is 384 g/mol. The molecule has 2 rings (SSSR count). The molecule has 2 heterocycles. The van der Waals surface area contributed by atoms with Crippen molar-refractivity contribution in [2.45, 2.75) is 57.5 Å². The van der Waals surface area contributed by atoms with E-state index >= 15 is 0 Å². The number of hydrogen-bond donors (Lipinski definition) is 1. The fraction of sp³-hybridized carbons (Fsp3) is 0.722. The van der Waals surface area contributed by atoms with Gasteiger partial charge in [0.1, 0.15) is 11.0 Å². The molecule has 0 bridgehead atoms. The number of nitrogens with one attached hydrogen (secondary N) is 1. The molecule has 1 aliphatic rings. The minimum Gasteiger partial charge on any atom is -0.356 e. The zero-order valence-electron chi connectivity index (χ0n) is 15.3. The average molecular weight is 385 g/mol. The largest absolute Gasteiger partial charge is 0.356 e. The van der Waals surface area contributed by atoms with Crippen molar-refractivity contribution >= 4 is 35.1 Å². The Labute approximate surface area is 160 Å². The molecule has 140 valence electrons. The summed E-state index contributed by atoms with van der Waals surface area (Å²) >= 11 is 7.50. The maximum absolute atomic E-state index is 11.9. The molecule has 0 aliphatic carbocycles. The van der Waals surface area contributed by atoms with Gasteiger partial charge in [-0.05, 0) is 25.2 Å². The quantitative estimate of drug-likeness (QED) is 0.300. The number of amides is 1. The highest BCUT2D eigenvalue weighted by Crippen LogP contribution is 2.25. The molecule has 1 amide bonds. The van der Waals surface area contributed by atoms with Crippen LogP contribution in [-0.2, 0) is 4.79 Å². The van der Waals surface area contributed by atoms with Gasteiger partial charge in [-0.15, -0.1) is 0 Å². The molecule has 5 nitrogen and oxygen atoms in total. The minimum atomic E-state index is 0.0263. The minimum absolute atomic E-state index is 0.0263. The predicted octanol–water partition coefficient (Wildman–Crippen LogP) is 4.15. The van der Waals surface area contributed by atoms with Crippen molar-refractivity contribution in [3.63, 3.8) is 0 Å². The van der Waals surface area contributed by atoms with E-state index in [4.69, 9.17) is 11.6 Å². The van der Waals surface area contributed by atoms with E-state index in [1.54, 1.807) is 0 Å². The number of nitrogens with zero attached hydrogens (tertiary/aromatic N) is 3. The number of hydrogen-bond acceptors (Lipinski definition) is 5. The summed E-state index contributed by atoms with van der Waals surface area (Å²) < 4.78 is 0. The summed E-state index contributed by atoms with van der Waals surface area (Å²) in [5, 5.41) is 3.96. The second-order valence-electron chi connectivity index (χ2n) is 6.70. The fourth-order valence-electron chi connectivity index (χ4n) is 2.81. The van der Waals surface area contributed by atoms with Crippen LogP contribution in [0.3, 0.4) is 0 Å². The average Bonchev–Trinajstić information content (AvgIpc) is 2.60. The molecule has 1 aromatic rings. The fourth-order valence-corrected chi connectivity index (χ4v) is 3.72. The van der Waals surface area contributed by atoms with Crippen LogP contribution in [0.25, 0.3) is 0 Å². The van der Waals surface area contributed by atoms with Gasteiger partial charge in [-0.2, -0.15) is 0 Å². The maximum atomic E-state index is 11.9. The van der Waals surface area contributed by atoms with Crippen molar-refractivity contribution < 1.29 is 4.79 Å². The van der Waals surface area contributed by atoms with Gasteiger partial charge in [0.25, 0.3) is 0 Å². The Balaban J connectivity index is 1.80. The van der Waals surface area contributed by atoms with Crippen LogP contribution in [0.4, 0.5) is 5.82 Å². The van der Waals surface area contributed by atoms with Gasteiger partial charge in [0, 0.05) is 25.7 Å². The summed E-state index contributed by atoms with van der Waals surface area (Å²) in [6.07, 6.45) is 6.97. The van der Waals surface area contributed by atoms with Gasteiger partial charge in [0.2, 0.25) is 5.91 Å². The van der Waals surface area contributed by atoms with Crippen LogP contribution in [-0.4, -0.2) is 41.3 Å². The molecule has 1 aromatic heterocycles. The Hall–Kier alpha value is -1.01. The molecule has 25 heavy (non-hydrogen) atoms. The third-order valence-electron chi connectivity index (χ3n) is 4.45. The van der Waals surface area contributed by atoms with E-state index in [9.17, 15) is 4.79 Å². The molecule has 0 aromatic carbocycles. The van der Waals surface area contributed by atoms with Gasteiger partial charge in [-0.1, -0.05) is 56.5 Å². The Morgan fingerprint density at radius 3 is 2.80 bits per heavy atom. The van der Waals surface area contributed by atoms with Gasteiger partial charge < -0.3 is 10.2 Å². The zero-order valence-corrected chi connectivity index (χ0v) is 16.8. The van der Waals surface area contributed by atoms with Crippen molar-refractivity contribution in [3.8, 4) is 0 Å². The van der Waals surface area contributed by atoms with Gasteiger partial charge in [0.05, 0.1) is 5.75 Å². The first kappa shape index (κ1) is 20.3. The molecule has 0 unspecified atom stereocenters. The number of anilines is 1. The lowest BCUT2D eigenvalue weighted by Gasteiger charge is -2.31. The molecule has 7 heteroatoms. The van der Waals surface area contributed by atoms with Gasteiger partial charge in [-0.25, -0.2) is 9.97 Å². The number of rotatable bonds is 9. The molecule has 1 fully saturated rings. The van der Waals surface area contributed by atoms with Crippen LogP contribution in [0.2, 0.25) is 5.15 Å². The highest BCUT2D eigenvalue weighted by molar-refractivity contribution is 7.99. The topological polar surface area (TPSA) is 58.1 Å². The van der Waals surface area contributed by atoms with Crippen molar-refractivity contribution in [3.05, 3.63) is 11.2 Å². The van der Waals surface area contributed by atoms with E-state index in [2.05, 4.69) is 34.0 Å². The Morgan fingerprint density at radius 2 is 2.08 bits per heavy atom. The Kier molecular flexibility index (Phi) is 8.82. The lowest BCUT2D eigenvalue weighted by Crippen LogP contribution is -2.33. The van der Waals surface area contributed by atoms with Crippen LogP contribution >= 0.6 is 23.4 Å². The van der Waals surface area contributed by atoms with Crippen LogP contribution < -0.4 is 10.2 Å². The highest BCUT2D eigenvalue weighted by atomic mass is 35.5. The van der Waals surface area contributed by atoms with Gasteiger partial charge >= 0.3 is 0 Å². The second-order valence-corrected chi connectivity index (χ2v) is 8.03. The highest BCUT2D eigenvalue weighted by Gasteiger charge is 2.18. The number of carbonyl (C=O) groups excluding carboxylic acids is 1. The van der Waals surface area contributed by atoms with E-state index in [0.717, 1.165) is 37.8 Å². The first-order valence-corrected chi connectivity index (χ1v) is 10.6. The maximum Gasteiger partial charge on any atom is 0.230 e. The first-order chi connectivity index (χ1) is 12.1. The zero-order chi connectivity index (χ0) is 18.1. The van der Waals surface area contributed by atoms with Crippen molar-refractivity contribution in [1.82, 2.24) is 15.3 Å². The van der Waals surface area contributed by atoms with Gasteiger partial charge in [-0.3, -0.25) is 4.79 Å². The molecule has 0 atom stereocenters. The van der Waals surface area contributed by atoms with Gasteiger partial charge in [0.15, 0.2) is 5.16 Å². The van der Waals surface area contributed by atoms with Crippen LogP contribution in [0.1, 0.15) is 52.4 Å². The van der Waals surface area contributed by atoms with E-state index in [1.807, 2.05) is 6.07 Å². The summed E-state index contributed by atoms with van der Waals surface area (Å²) in [4.78, 5) is 23.0. The lowest BCUT2D eigenvalue weighted by atomic mass is 9.99. The second kappa shape index (κ2) is 10.9. The summed E-state index contributed by atoms with van der Waals surface area (Å²) in [6.45, 7) is 7.20. The molecular weight excluding hydrogens is 356 g/mol. The molecule has 1 saturated heterocycles. The summed E-state index contributed by atoms with van der Waals surface area (Å²) in [5.41, 5.74) is 0. The summed E-state index contributed by atoms with van der Waals surface area (Å²) in [7, 11) is 0. The number of aromatic nitrogens is 2. The molecule has 0 spiro atoms. The van der Waals surface area contributed by atoms with E-state index in [1.165, 1.54) is 43.9 Å². The number of halogens is 1. The third-order valence-corrected chi connectivity index (χ3v) is 5.49. The molecule has 1 N–H and O–H groups in total. The van der Waals surface area contributed by atoms with Crippen LogP contribution in [0.5, 0.6) is 0 Å². The first-order valence-electron chi connectivity index (χ1n) is 9.27. The number of unbranched alkanes of at least 4 members (excludes halogenated alkanes) is 3. The van der Waals surface area contributed by atoms with Crippen LogP contribution in [0.15, 0.2) is 11.2 Å². The van der Waals surface area contributed by atoms with E-state index in [0.29, 0.717) is 16.1 Å². The van der Waals surface area contributed by atoms with E-state index in [-0.39, 0.29) is 5.91 Å². The SMILES string of the molecule is CCCCCCNC(=O)CSc1nc(Cl)cc(N2CCC(C)CC2)n1. The van der Waals surface area contributed by atoms with Crippen LogP contribution in [0, 0.1) is 5.92 Å². The Bertz CT molecular complexity index is 550. The standard InChI is InChI=1S/C18H29ClN4OS/c1-3-4-5-6-9-20-17(24)13-25-18-21-15(19)12-16(22-18)23-10-7-14(2)8-11-23/h12,14H,3-11,13H2,1-2H3,(H,20,24). The molecule has 0 saturated carbocycles. The smallest absolute Gasteiger partial charge is 0.230 e. The third kappa shape index (κ3) is 7.40. The normalized spacial score (nSPS) is 15.4. The summed E-state index contributed by atoms with van der Waals surface area (Å²) in [6, 6.07) is 1.81. The van der Waals surface area contributed by atoms with Crippen molar-refractivity contribution in [2.75, 3.05) is 30.3 Å². The summed E-state index contributed by atoms with van der Waals surface area (Å²) in [5.74, 6) is 1.99. The van der Waals surface area contributed by atoms with Crippen molar-refractivity contribution in [2.24, 2.45) is 5.92 Å².